The number of nitrogens with one attached hydrogen (secondary N) is 1. The smallest absolute Gasteiger partial charge is 0.245 e. The molecule has 3 N–H and O–H groups in total. The monoisotopic (exact) mass is 241 g/mol. The molecular weight excluding hydrogens is 218 g/mol. The largest absolute Gasteiger partial charge is 0.352 e. The number of hydrogen-bond donors (Lipinski definition) is 2. The Morgan fingerprint density at radius 1 is 1.59 bits per heavy atom. The summed E-state index contributed by atoms with van der Waals surface area (Å²) in [5, 5.41) is 2.77. The van der Waals surface area contributed by atoms with Gasteiger partial charge in [0.25, 0.3) is 0 Å². The summed E-state index contributed by atoms with van der Waals surface area (Å²) in [7, 11) is 0. The summed E-state index contributed by atoms with van der Waals surface area (Å²) in [6, 6.07) is -0.523. The Morgan fingerprint density at radius 2 is 2.18 bits per heavy atom. The van der Waals surface area contributed by atoms with E-state index in [4.69, 9.17) is 5.73 Å². The van der Waals surface area contributed by atoms with Gasteiger partial charge in [-0.2, -0.15) is 0 Å². The van der Waals surface area contributed by atoms with Gasteiger partial charge < -0.3 is 16.0 Å². The summed E-state index contributed by atoms with van der Waals surface area (Å²) >= 11 is 0. The summed E-state index contributed by atoms with van der Waals surface area (Å²) < 4.78 is 0. The number of rotatable bonds is 3. The molecule has 5 nitrogen and oxygen atoms in total. The lowest BCUT2D eigenvalue weighted by Crippen LogP contribution is -2.66. The molecule has 0 bridgehead atoms. The summed E-state index contributed by atoms with van der Waals surface area (Å²) in [4.78, 5) is 25.6. The molecule has 1 saturated heterocycles. The first-order valence-corrected chi connectivity index (χ1v) is 6.17. The van der Waals surface area contributed by atoms with Crippen LogP contribution in [0.15, 0.2) is 0 Å². The van der Waals surface area contributed by atoms with Crippen molar-refractivity contribution in [1.82, 2.24) is 10.2 Å². The molecule has 1 rings (SSSR count). The molecule has 0 aromatic heterocycles. The van der Waals surface area contributed by atoms with Gasteiger partial charge in [-0.25, -0.2) is 0 Å². The van der Waals surface area contributed by atoms with Crippen LogP contribution < -0.4 is 11.1 Å². The van der Waals surface area contributed by atoms with Gasteiger partial charge in [0.2, 0.25) is 11.8 Å². The van der Waals surface area contributed by atoms with Crippen LogP contribution in [0.1, 0.15) is 34.1 Å². The number of nitrogens with two attached hydrogens (primary N) is 1. The maximum atomic E-state index is 12.3. The minimum Gasteiger partial charge on any atom is -0.352 e. The number of amides is 2. The van der Waals surface area contributed by atoms with E-state index < -0.39 is 11.6 Å². The van der Waals surface area contributed by atoms with Crippen molar-refractivity contribution in [2.75, 3.05) is 13.1 Å². The fourth-order valence-corrected chi connectivity index (χ4v) is 1.96. The summed E-state index contributed by atoms with van der Waals surface area (Å²) in [6.07, 6.45) is 0.855. The number of carbonyl (C=O) groups is 2. The molecule has 1 fully saturated rings. The van der Waals surface area contributed by atoms with E-state index in [1.54, 1.807) is 18.7 Å². The van der Waals surface area contributed by atoms with Gasteiger partial charge in [0, 0.05) is 13.1 Å². The molecule has 1 aliphatic heterocycles. The zero-order chi connectivity index (χ0) is 13.2. The molecule has 2 atom stereocenters. The van der Waals surface area contributed by atoms with E-state index >= 15 is 0 Å². The van der Waals surface area contributed by atoms with Gasteiger partial charge in [-0.3, -0.25) is 9.59 Å². The Balaban J connectivity index is 2.84. The number of hydrogen-bond acceptors (Lipinski definition) is 3. The van der Waals surface area contributed by atoms with Crippen molar-refractivity contribution in [1.29, 1.82) is 0 Å². The van der Waals surface area contributed by atoms with Crippen LogP contribution in [0.5, 0.6) is 0 Å². The van der Waals surface area contributed by atoms with Gasteiger partial charge >= 0.3 is 0 Å². The van der Waals surface area contributed by atoms with Crippen molar-refractivity contribution >= 4 is 11.8 Å². The second-order valence-electron chi connectivity index (χ2n) is 5.22. The summed E-state index contributed by atoms with van der Waals surface area (Å²) in [5.41, 5.74) is 5.14. The Bertz CT molecular complexity index is 315. The minimum atomic E-state index is -0.805. The van der Waals surface area contributed by atoms with Gasteiger partial charge in [-0.05, 0) is 19.8 Å². The molecule has 0 spiro atoms. The summed E-state index contributed by atoms with van der Waals surface area (Å²) in [6.45, 7) is 8.50. The van der Waals surface area contributed by atoms with Crippen molar-refractivity contribution in [3.05, 3.63) is 0 Å². The quantitative estimate of drug-likeness (QED) is 0.735. The van der Waals surface area contributed by atoms with E-state index in [9.17, 15) is 9.59 Å². The first-order chi connectivity index (χ1) is 7.82. The molecule has 0 saturated carbocycles. The minimum absolute atomic E-state index is 0.117. The predicted octanol–water partition coefficient (Wildman–Crippen LogP) is 0.0968. The fourth-order valence-electron chi connectivity index (χ4n) is 1.96. The van der Waals surface area contributed by atoms with Crippen LogP contribution in [0.2, 0.25) is 0 Å². The second kappa shape index (κ2) is 5.04. The van der Waals surface area contributed by atoms with E-state index in [-0.39, 0.29) is 17.7 Å². The standard InChI is InChI=1S/C12H23N3O2/c1-5-8(2)9(13)10(16)15-7-6-14-11(17)12(15,3)4/h8-9H,5-7,13H2,1-4H3,(H,14,17)/t8?,9-/m0/s1. The molecule has 0 aromatic rings. The first kappa shape index (κ1) is 14.0. The Morgan fingerprint density at radius 3 is 2.71 bits per heavy atom. The molecule has 0 aliphatic carbocycles. The van der Waals surface area contributed by atoms with Gasteiger partial charge in [0.15, 0.2) is 0 Å². The normalized spacial score (nSPS) is 22.9. The maximum absolute atomic E-state index is 12.3. The molecule has 0 radical (unpaired) electrons. The van der Waals surface area contributed by atoms with Gasteiger partial charge in [-0.15, -0.1) is 0 Å². The number of carbonyl (C=O) groups excluding carboxylic acids is 2. The van der Waals surface area contributed by atoms with Gasteiger partial charge in [0.1, 0.15) is 5.54 Å². The maximum Gasteiger partial charge on any atom is 0.245 e. The van der Waals surface area contributed by atoms with Crippen molar-refractivity contribution < 1.29 is 9.59 Å². The molecule has 1 heterocycles. The third kappa shape index (κ3) is 2.60. The van der Waals surface area contributed by atoms with Crippen LogP contribution in [-0.4, -0.2) is 41.4 Å². The van der Waals surface area contributed by atoms with E-state index in [0.29, 0.717) is 13.1 Å². The zero-order valence-corrected chi connectivity index (χ0v) is 11.1. The van der Waals surface area contributed by atoms with Gasteiger partial charge in [-0.1, -0.05) is 20.3 Å². The molecule has 2 amide bonds. The van der Waals surface area contributed by atoms with Crippen LogP contribution >= 0.6 is 0 Å². The van der Waals surface area contributed by atoms with Crippen LogP contribution in [0.25, 0.3) is 0 Å². The molecule has 1 unspecified atom stereocenters. The lowest BCUT2D eigenvalue weighted by atomic mass is 9.93. The van der Waals surface area contributed by atoms with Crippen LogP contribution in [0.3, 0.4) is 0 Å². The molecule has 98 valence electrons. The third-order valence-corrected chi connectivity index (χ3v) is 3.66. The molecule has 5 heteroatoms. The Kier molecular flexibility index (Phi) is 4.14. The van der Waals surface area contributed by atoms with Crippen molar-refractivity contribution in [3.63, 3.8) is 0 Å². The average molecular weight is 241 g/mol. The number of nitrogens with zero attached hydrogens (tertiary/aromatic N) is 1. The lowest BCUT2D eigenvalue weighted by Gasteiger charge is -2.42. The topological polar surface area (TPSA) is 75.4 Å². The first-order valence-electron chi connectivity index (χ1n) is 6.17. The Labute approximate surface area is 103 Å². The highest BCUT2D eigenvalue weighted by molar-refractivity contribution is 5.93. The van der Waals surface area contributed by atoms with Crippen molar-refractivity contribution in [2.45, 2.75) is 45.7 Å². The van der Waals surface area contributed by atoms with E-state index in [2.05, 4.69) is 5.32 Å². The van der Waals surface area contributed by atoms with Crippen LogP contribution in [-0.2, 0) is 9.59 Å². The van der Waals surface area contributed by atoms with E-state index in [1.807, 2.05) is 13.8 Å². The van der Waals surface area contributed by atoms with Crippen LogP contribution in [0, 0.1) is 5.92 Å². The molecule has 0 aromatic carbocycles. The third-order valence-electron chi connectivity index (χ3n) is 3.66. The molecular formula is C12H23N3O2. The average Bonchev–Trinajstić information content (AvgIpc) is 2.29. The van der Waals surface area contributed by atoms with E-state index in [1.165, 1.54) is 0 Å². The van der Waals surface area contributed by atoms with Crippen molar-refractivity contribution in [2.24, 2.45) is 11.7 Å². The Hall–Kier alpha value is -1.10. The van der Waals surface area contributed by atoms with Crippen molar-refractivity contribution in [3.8, 4) is 0 Å². The highest BCUT2D eigenvalue weighted by Crippen LogP contribution is 2.20. The predicted molar refractivity (Wildman–Crippen MR) is 66.2 cm³/mol. The fraction of sp³-hybridized carbons (Fsp3) is 0.833. The lowest BCUT2D eigenvalue weighted by molar-refractivity contribution is -0.150. The van der Waals surface area contributed by atoms with Crippen LogP contribution in [0.4, 0.5) is 0 Å². The zero-order valence-electron chi connectivity index (χ0n) is 11.1. The number of piperazine rings is 1. The highest BCUT2D eigenvalue weighted by Gasteiger charge is 2.42. The molecule has 17 heavy (non-hydrogen) atoms. The SMILES string of the molecule is CCC(C)[C@H](N)C(=O)N1CCNC(=O)C1(C)C. The van der Waals surface area contributed by atoms with E-state index in [0.717, 1.165) is 6.42 Å². The summed E-state index contributed by atoms with van der Waals surface area (Å²) in [5.74, 6) is -0.115. The highest BCUT2D eigenvalue weighted by atomic mass is 16.2. The van der Waals surface area contributed by atoms with Gasteiger partial charge in [0.05, 0.1) is 6.04 Å². The molecule has 1 aliphatic rings. The second-order valence-corrected chi connectivity index (χ2v) is 5.22.